The summed E-state index contributed by atoms with van der Waals surface area (Å²) in [7, 11) is -3.14. The Kier molecular flexibility index (Phi) is 5.01. The Morgan fingerprint density at radius 2 is 2.00 bits per heavy atom. The summed E-state index contributed by atoms with van der Waals surface area (Å²) in [6.07, 6.45) is 5.73. The van der Waals surface area contributed by atoms with Gasteiger partial charge in [-0.15, -0.1) is 0 Å². The molecule has 1 aromatic heterocycles. The van der Waals surface area contributed by atoms with Crippen LogP contribution in [0, 0.1) is 0 Å². The van der Waals surface area contributed by atoms with Crippen LogP contribution in [0.3, 0.4) is 0 Å². The molecule has 0 aromatic carbocycles. The van der Waals surface area contributed by atoms with E-state index >= 15 is 0 Å². The van der Waals surface area contributed by atoms with Crippen molar-refractivity contribution in [2.45, 2.75) is 38.7 Å². The second-order valence-electron chi connectivity index (χ2n) is 6.05. The molecule has 0 amide bonds. The minimum atomic E-state index is -3.14. The predicted molar refractivity (Wildman–Crippen MR) is 88.2 cm³/mol. The maximum absolute atomic E-state index is 11.9. The van der Waals surface area contributed by atoms with Crippen molar-refractivity contribution in [1.29, 1.82) is 0 Å². The van der Waals surface area contributed by atoms with Crippen molar-refractivity contribution in [3.8, 4) is 5.88 Å². The van der Waals surface area contributed by atoms with E-state index in [1.54, 1.807) is 6.92 Å². The monoisotopic (exact) mass is 340 g/mol. The first-order chi connectivity index (χ1) is 11.1. The molecule has 2 fully saturated rings. The van der Waals surface area contributed by atoms with Crippen molar-refractivity contribution in [3.63, 3.8) is 0 Å². The first-order valence-corrected chi connectivity index (χ1v) is 9.91. The molecule has 3 rings (SSSR count). The van der Waals surface area contributed by atoms with Gasteiger partial charge >= 0.3 is 0 Å². The zero-order valence-electron chi connectivity index (χ0n) is 13.5. The summed E-state index contributed by atoms with van der Waals surface area (Å²) < 4.78 is 31.2. The van der Waals surface area contributed by atoms with E-state index in [0.717, 1.165) is 18.9 Å². The van der Waals surface area contributed by atoms with E-state index in [4.69, 9.17) is 4.74 Å². The van der Waals surface area contributed by atoms with Gasteiger partial charge in [-0.25, -0.2) is 18.4 Å². The van der Waals surface area contributed by atoms with Gasteiger partial charge in [0.1, 0.15) is 18.2 Å². The molecule has 1 aromatic rings. The predicted octanol–water partition coefficient (Wildman–Crippen LogP) is 1.27. The van der Waals surface area contributed by atoms with Gasteiger partial charge in [0.2, 0.25) is 15.9 Å². The minimum absolute atomic E-state index is 0.131. The summed E-state index contributed by atoms with van der Waals surface area (Å²) in [6.45, 7) is 4.62. The molecule has 0 bridgehead atoms. The summed E-state index contributed by atoms with van der Waals surface area (Å²) in [5.41, 5.74) is 0. The number of hydrogen-bond donors (Lipinski definition) is 0. The molecule has 3 heterocycles. The normalized spacial score (nSPS) is 23.2. The van der Waals surface area contributed by atoms with Crippen LogP contribution in [0.25, 0.3) is 0 Å². The molecule has 23 heavy (non-hydrogen) atoms. The third-order valence-electron chi connectivity index (χ3n) is 4.46. The van der Waals surface area contributed by atoms with Gasteiger partial charge in [-0.3, -0.25) is 0 Å². The van der Waals surface area contributed by atoms with E-state index in [-0.39, 0.29) is 11.9 Å². The summed E-state index contributed by atoms with van der Waals surface area (Å²) in [5.74, 6) is 1.55. The molecule has 2 aliphatic heterocycles. The fraction of sp³-hybridized carbons (Fsp3) is 0.733. The summed E-state index contributed by atoms with van der Waals surface area (Å²) in [4.78, 5) is 10.8. The molecule has 128 valence electrons. The average Bonchev–Trinajstić information content (AvgIpc) is 3.05. The molecule has 8 heteroatoms. The first kappa shape index (κ1) is 16.4. The van der Waals surface area contributed by atoms with Crippen LogP contribution in [0.2, 0.25) is 0 Å². The van der Waals surface area contributed by atoms with E-state index < -0.39 is 10.0 Å². The lowest BCUT2D eigenvalue weighted by Gasteiger charge is -2.27. The van der Waals surface area contributed by atoms with Gasteiger partial charge in [-0.2, -0.15) is 4.31 Å². The number of aromatic nitrogens is 2. The fourth-order valence-corrected chi connectivity index (χ4v) is 4.23. The van der Waals surface area contributed by atoms with Gasteiger partial charge in [-0.05, 0) is 32.6 Å². The maximum atomic E-state index is 11.9. The molecule has 1 atom stereocenters. The molecule has 2 saturated heterocycles. The second-order valence-corrected chi connectivity index (χ2v) is 8.31. The van der Waals surface area contributed by atoms with Crippen molar-refractivity contribution in [1.82, 2.24) is 14.3 Å². The quantitative estimate of drug-likeness (QED) is 0.803. The van der Waals surface area contributed by atoms with E-state index in [2.05, 4.69) is 14.9 Å². The van der Waals surface area contributed by atoms with E-state index in [1.165, 1.54) is 29.9 Å². The highest BCUT2D eigenvalue weighted by atomic mass is 32.2. The van der Waals surface area contributed by atoms with E-state index in [1.807, 2.05) is 6.07 Å². The van der Waals surface area contributed by atoms with Crippen LogP contribution in [-0.4, -0.2) is 60.7 Å². The Labute approximate surface area is 137 Å². The third kappa shape index (κ3) is 3.92. The highest BCUT2D eigenvalue weighted by molar-refractivity contribution is 7.89. The highest BCUT2D eigenvalue weighted by Crippen LogP contribution is 2.23. The van der Waals surface area contributed by atoms with E-state index in [0.29, 0.717) is 25.4 Å². The standard InChI is InChI=1S/C15H24N4O3S/c1-2-23(20,21)19-9-6-13(11-19)22-15-10-14(16-12-17-15)18-7-4-3-5-8-18/h10,12-13H,2-9,11H2,1H3. The summed E-state index contributed by atoms with van der Waals surface area (Å²) >= 11 is 0. The largest absolute Gasteiger partial charge is 0.473 e. The molecular formula is C15H24N4O3S. The Morgan fingerprint density at radius 1 is 1.22 bits per heavy atom. The van der Waals surface area contributed by atoms with E-state index in [9.17, 15) is 8.42 Å². The molecular weight excluding hydrogens is 316 g/mol. The van der Waals surface area contributed by atoms with Crippen molar-refractivity contribution >= 4 is 15.8 Å². The van der Waals surface area contributed by atoms with Crippen molar-refractivity contribution < 1.29 is 13.2 Å². The minimum Gasteiger partial charge on any atom is -0.473 e. The molecule has 0 spiro atoms. The van der Waals surface area contributed by atoms with Crippen molar-refractivity contribution in [2.75, 3.05) is 36.8 Å². The topological polar surface area (TPSA) is 75.6 Å². The fourth-order valence-electron chi connectivity index (χ4n) is 3.09. The number of nitrogens with zero attached hydrogens (tertiary/aromatic N) is 4. The lowest BCUT2D eigenvalue weighted by atomic mass is 10.1. The zero-order valence-corrected chi connectivity index (χ0v) is 14.3. The SMILES string of the molecule is CCS(=O)(=O)N1CCC(Oc2cc(N3CCCCC3)ncn2)C1. The number of piperidine rings is 1. The number of ether oxygens (including phenoxy) is 1. The van der Waals surface area contributed by atoms with Crippen LogP contribution in [-0.2, 0) is 10.0 Å². The number of anilines is 1. The van der Waals surface area contributed by atoms with Crippen molar-refractivity contribution in [2.24, 2.45) is 0 Å². The van der Waals surface area contributed by atoms with Crippen LogP contribution in [0.5, 0.6) is 5.88 Å². The van der Waals surface area contributed by atoms with Gasteiger partial charge in [0.15, 0.2) is 0 Å². The second kappa shape index (κ2) is 7.00. The molecule has 2 aliphatic rings. The Morgan fingerprint density at radius 3 is 2.74 bits per heavy atom. The lowest BCUT2D eigenvalue weighted by Crippen LogP contribution is -2.32. The first-order valence-electron chi connectivity index (χ1n) is 8.30. The number of hydrogen-bond acceptors (Lipinski definition) is 6. The van der Waals surface area contributed by atoms with Crippen LogP contribution in [0.4, 0.5) is 5.82 Å². The zero-order chi connectivity index (χ0) is 16.3. The van der Waals surface area contributed by atoms with Gasteiger partial charge in [0, 0.05) is 25.7 Å². The number of rotatable bonds is 5. The van der Waals surface area contributed by atoms with Crippen LogP contribution in [0.15, 0.2) is 12.4 Å². The average molecular weight is 340 g/mol. The maximum Gasteiger partial charge on any atom is 0.218 e. The number of sulfonamides is 1. The van der Waals surface area contributed by atoms with Gasteiger partial charge in [0.05, 0.1) is 12.3 Å². The van der Waals surface area contributed by atoms with Gasteiger partial charge < -0.3 is 9.64 Å². The van der Waals surface area contributed by atoms with Crippen LogP contribution >= 0.6 is 0 Å². The highest BCUT2D eigenvalue weighted by Gasteiger charge is 2.31. The molecule has 7 nitrogen and oxygen atoms in total. The molecule has 1 unspecified atom stereocenters. The van der Waals surface area contributed by atoms with Gasteiger partial charge in [0.25, 0.3) is 0 Å². The summed E-state index contributed by atoms with van der Waals surface area (Å²) in [6, 6.07) is 1.86. The van der Waals surface area contributed by atoms with Crippen LogP contribution in [0.1, 0.15) is 32.6 Å². The molecule has 0 saturated carbocycles. The van der Waals surface area contributed by atoms with Crippen LogP contribution < -0.4 is 9.64 Å². The molecule has 0 aliphatic carbocycles. The summed E-state index contributed by atoms with van der Waals surface area (Å²) in [5, 5.41) is 0. The van der Waals surface area contributed by atoms with Gasteiger partial charge in [-0.1, -0.05) is 0 Å². The lowest BCUT2D eigenvalue weighted by molar-refractivity contribution is 0.206. The Hall–Kier alpha value is -1.41. The van der Waals surface area contributed by atoms with Crippen molar-refractivity contribution in [3.05, 3.63) is 12.4 Å². The smallest absolute Gasteiger partial charge is 0.218 e. The third-order valence-corrected chi connectivity index (χ3v) is 6.31. The Balaban J connectivity index is 1.62. The molecule has 0 N–H and O–H groups in total. The molecule has 0 radical (unpaired) electrons. The Bertz CT molecular complexity index is 631.